The van der Waals surface area contributed by atoms with Gasteiger partial charge in [0.2, 0.25) is 0 Å². The van der Waals surface area contributed by atoms with E-state index in [1.54, 1.807) is 7.11 Å². The highest BCUT2D eigenvalue weighted by molar-refractivity contribution is 5.26. The molecule has 1 aromatic rings. The zero-order chi connectivity index (χ0) is 11.9. The molecule has 2 heteroatoms. The molecule has 0 saturated heterocycles. The van der Waals surface area contributed by atoms with Gasteiger partial charge in [-0.2, -0.15) is 0 Å². The standard InChI is InChI=1S/C15H23NO/c1-17-12-11-16-10-9-13-5-7-15(8-6-13)14-3-2-4-14/h5-8,14,16H,2-4,9-12H2,1H3. The fourth-order valence-corrected chi connectivity index (χ4v) is 2.23. The number of nitrogens with one attached hydrogen (secondary N) is 1. The van der Waals surface area contributed by atoms with Gasteiger partial charge in [-0.05, 0) is 42.9 Å². The van der Waals surface area contributed by atoms with E-state index in [1.165, 1.54) is 30.4 Å². The minimum atomic E-state index is 0.792. The van der Waals surface area contributed by atoms with E-state index in [1.807, 2.05) is 0 Å². The van der Waals surface area contributed by atoms with Crippen molar-refractivity contribution in [1.82, 2.24) is 5.32 Å². The van der Waals surface area contributed by atoms with Gasteiger partial charge in [0.25, 0.3) is 0 Å². The van der Waals surface area contributed by atoms with E-state index in [0.717, 1.165) is 32.0 Å². The van der Waals surface area contributed by atoms with Crippen molar-refractivity contribution in [1.29, 1.82) is 0 Å². The van der Waals surface area contributed by atoms with Crippen LogP contribution in [0.25, 0.3) is 0 Å². The van der Waals surface area contributed by atoms with E-state index in [-0.39, 0.29) is 0 Å². The molecule has 17 heavy (non-hydrogen) atoms. The topological polar surface area (TPSA) is 21.3 Å². The Morgan fingerprint density at radius 1 is 1.18 bits per heavy atom. The summed E-state index contributed by atoms with van der Waals surface area (Å²) in [5.41, 5.74) is 2.96. The smallest absolute Gasteiger partial charge is 0.0587 e. The highest BCUT2D eigenvalue weighted by atomic mass is 16.5. The predicted molar refractivity (Wildman–Crippen MR) is 71.5 cm³/mol. The SMILES string of the molecule is COCCNCCc1ccc(C2CCC2)cc1. The van der Waals surface area contributed by atoms with Crippen molar-refractivity contribution >= 4 is 0 Å². The Hall–Kier alpha value is -0.860. The number of hydrogen-bond acceptors (Lipinski definition) is 2. The molecule has 1 aliphatic carbocycles. The second kappa shape index (κ2) is 6.77. The van der Waals surface area contributed by atoms with Crippen LogP contribution in [-0.4, -0.2) is 26.8 Å². The third-order valence-electron chi connectivity index (χ3n) is 3.63. The first-order valence-corrected chi connectivity index (χ1v) is 6.68. The molecule has 0 bridgehead atoms. The molecule has 0 amide bonds. The molecule has 1 saturated carbocycles. The maximum atomic E-state index is 4.99. The number of benzene rings is 1. The highest BCUT2D eigenvalue weighted by Gasteiger charge is 2.18. The molecular formula is C15H23NO. The van der Waals surface area contributed by atoms with Crippen LogP contribution in [0.15, 0.2) is 24.3 Å². The molecular weight excluding hydrogens is 210 g/mol. The molecule has 1 fully saturated rings. The van der Waals surface area contributed by atoms with Crippen molar-refractivity contribution in [2.24, 2.45) is 0 Å². The molecule has 0 radical (unpaired) electrons. The Balaban J connectivity index is 1.70. The summed E-state index contributed by atoms with van der Waals surface area (Å²) in [6.07, 6.45) is 5.29. The van der Waals surface area contributed by atoms with Crippen LogP contribution >= 0.6 is 0 Å². The summed E-state index contributed by atoms with van der Waals surface area (Å²) in [4.78, 5) is 0. The first kappa shape index (κ1) is 12.6. The lowest BCUT2D eigenvalue weighted by Gasteiger charge is -2.25. The zero-order valence-electron chi connectivity index (χ0n) is 10.7. The van der Waals surface area contributed by atoms with Gasteiger partial charge in [0.05, 0.1) is 6.61 Å². The van der Waals surface area contributed by atoms with Gasteiger partial charge in [0.1, 0.15) is 0 Å². The third-order valence-corrected chi connectivity index (χ3v) is 3.63. The van der Waals surface area contributed by atoms with Crippen molar-refractivity contribution < 1.29 is 4.74 Å². The van der Waals surface area contributed by atoms with Gasteiger partial charge in [0, 0.05) is 13.7 Å². The quantitative estimate of drug-likeness (QED) is 0.731. The molecule has 0 aliphatic heterocycles. The van der Waals surface area contributed by atoms with Gasteiger partial charge in [-0.1, -0.05) is 30.7 Å². The van der Waals surface area contributed by atoms with E-state index in [9.17, 15) is 0 Å². The summed E-state index contributed by atoms with van der Waals surface area (Å²) < 4.78 is 4.99. The first-order chi connectivity index (χ1) is 8.40. The Kier molecular flexibility index (Phi) is 5.02. The van der Waals surface area contributed by atoms with E-state index < -0.39 is 0 Å². The maximum Gasteiger partial charge on any atom is 0.0587 e. The van der Waals surface area contributed by atoms with Crippen molar-refractivity contribution in [3.05, 3.63) is 35.4 Å². The van der Waals surface area contributed by atoms with E-state index >= 15 is 0 Å². The van der Waals surface area contributed by atoms with Crippen LogP contribution in [0.3, 0.4) is 0 Å². The summed E-state index contributed by atoms with van der Waals surface area (Å²) in [7, 11) is 1.74. The number of ether oxygens (including phenoxy) is 1. The lowest BCUT2D eigenvalue weighted by Crippen LogP contribution is -2.21. The fourth-order valence-electron chi connectivity index (χ4n) is 2.23. The lowest BCUT2D eigenvalue weighted by molar-refractivity contribution is 0.199. The molecule has 94 valence electrons. The van der Waals surface area contributed by atoms with Crippen LogP contribution in [0.4, 0.5) is 0 Å². The minimum Gasteiger partial charge on any atom is -0.383 e. The Morgan fingerprint density at radius 3 is 2.53 bits per heavy atom. The van der Waals surface area contributed by atoms with Crippen molar-refractivity contribution in [2.45, 2.75) is 31.6 Å². The second-order valence-electron chi connectivity index (χ2n) is 4.86. The Labute approximate surface area is 104 Å². The van der Waals surface area contributed by atoms with Crippen LogP contribution in [-0.2, 0) is 11.2 Å². The van der Waals surface area contributed by atoms with Gasteiger partial charge in [-0.15, -0.1) is 0 Å². The molecule has 1 N–H and O–H groups in total. The van der Waals surface area contributed by atoms with Crippen LogP contribution < -0.4 is 5.32 Å². The van der Waals surface area contributed by atoms with Gasteiger partial charge >= 0.3 is 0 Å². The largest absolute Gasteiger partial charge is 0.383 e. The molecule has 2 rings (SSSR count). The summed E-state index contributed by atoms with van der Waals surface area (Å²) in [6, 6.07) is 9.19. The molecule has 0 spiro atoms. The molecule has 0 aromatic heterocycles. The average molecular weight is 233 g/mol. The Morgan fingerprint density at radius 2 is 1.94 bits per heavy atom. The van der Waals surface area contributed by atoms with Crippen molar-refractivity contribution in [3.63, 3.8) is 0 Å². The predicted octanol–water partition coefficient (Wildman–Crippen LogP) is 2.73. The summed E-state index contributed by atoms with van der Waals surface area (Å²) in [6.45, 7) is 2.77. The fraction of sp³-hybridized carbons (Fsp3) is 0.600. The van der Waals surface area contributed by atoms with Gasteiger partial charge in [0.15, 0.2) is 0 Å². The summed E-state index contributed by atoms with van der Waals surface area (Å²) in [5, 5.41) is 3.37. The molecule has 1 aliphatic rings. The van der Waals surface area contributed by atoms with Crippen LogP contribution in [0.1, 0.15) is 36.3 Å². The number of rotatable bonds is 7. The second-order valence-corrected chi connectivity index (χ2v) is 4.86. The van der Waals surface area contributed by atoms with Gasteiger partial charge in [-0.3, -0.25) is 0 Å². The number of methoxy groups -OCH3 is 1. The van der Waals surface area contributed by atoms with E-state index in [2.05, 4.69) is 29.6 Å². The van der Waals surface area contributed by atoms with Crippen LogP contribution in [0.2, 0.25) is 0 Å². The van der Waals surface area contributed by atoms with E-state index in [0.29, 0.717) is 0 Å². The Bertz CT molecular complexity index is 316. The normalized spacial score (nSPS) is 15.8. The molecule has 0 atom stereocenters. The molecule has 0 heterocycles. The van der Waals surface area contributed by atoms with E-state index in [4.69, 9.17) is 4.74 Å². The molecule has 0 unspecified atom stereocenters. The number of hydrogen-bond donors (Lipinski definition) is 1. The average Bonchev–Trinajstić information content (AvgIpc) is 2.29. The molecule has 1 aromatic carbocycles. The van der Waals surface area contributed by atoms with Crippen molar-refractivity contribution in [3.8, 4) is 0 Å². The van der Waals surface area contributed by atoms with Crippen LogP contribution in [0.5, 0.6) is 0 Å². The minimum absolute atomic E-state index is 0.792. The first-order valence-electron chi connectivity index (χ1n) is 6.68. The van der Waals surface area contributed by atoms with Crippen molar-refractivity contribution in [2.75, 3.05) is 26.8 Å². The van der Waals surface area contributed by atoms with Gasteiger partial charge in [-0.25, -0.2) is 0 Å². The summed E-state index contributed by atoms with van der Waals surface area (Å²) >= 11 is 0. The lowest BCUT2D eigenvalue weighted by atomic mass is 9.80. The zero-order valence-corrected chi connectivity index (χ0v) is 10.7. The maximum absolute atomic E-state index is 4.99. The highest BCUT2D eigenvalue weighted by Crippen LogP contribution is 2.36. The monoisotopic (exact) mass is 233 g/mol. The molecule has 2 nitrogen and oxygen atoms in total. The third kappa shape index (κ3) is 3.83. The van der Waals surface area contributed by atoms with Gasteiger partial charge < -0.3 is 10.1 Å². The van der Waals surface area contributed by atoms with Crippen LogP contribution in [0, 0.1) is 0 Å². The summed E-state index contributed by atoms with van der Waals surface area (Å²) in [5.74, 6) is 0.851.